The fourth-order valence-corrected chi connectivity index (χ4v) is 3.54. The minimum Gasteiger partial charge on any atom is -0.378 e. The smallest absolute Gasteiger partial charge is 0.169 e. The Hall–Kier alpha value is -2.13. The van der Waals surface area contributed by atoms with Crippen molar-refractivity contribution < 1.29 is 9.53 Å². The second-order valence-electron chi connectivity index (χ2n) is 7.71. The number of nitrogens with zero attached hydrogens (tertiary/aromatic N) is 1. The van der Waals surface area contributed by atoms with Gasteiger partial charge in [0.05, 0.1) is 13.2 Å². The van der Waals surface area contributed by atoms with E-state index < -0.39 is 5.41 Å². The third kappa shape index (κ3) is 3.99. The third-order valence-corrected chi connectivity index (χ3v) is 5.71. The zero-order valence-electron chi connectivity index (χ0n) is 16.1. The van der Waals surface area contributed by atoms with Crippen molar-refractivity contribution in [2.24, 2.45) is 11.3 Å². The van der Waals surface area contributed by atoms with Crippen LogP contribution in [0.5, 0.6) is 0 Å². The molecule has 0 N–H and O–H groups in total. The number of hydrogen-bond acceptors (Lipinski definition) is 3. The molecule has 0 bridgehead atoms. The van der Waals surface area contributed by atoms with E-state index in [9.17, 15) is 4.79 Å². The highest BCUT2D eigenvalue weighted by atomic mass is 16.5. The van der Waals surface area contributed by atoms with Gasteiger partial charge in [-0.1, -0.05) is 51.1 Å². The van der Waals surface area contributed by atoms with Crippen LogP contribution in [0.3, 0.4) is 0 Å². The third-order valence-electron chi connectivity index (χ3n) is 5.71. The van der Waals surface area contributed by atoms with E-state index in [0.717, 1.165) is 38.3 Å². The van der Waals surface area contributed by atoms with Crippen LogP contribution in [0.4, 0.5) is 5.69 Å². The van der Waals surface area contributed by atoms with Crippen molar-refractivity contribution in [3.8, 4) is 0 Å². The Kier molecular flexibility index (Phi) is 5.77. The highest BCUT2D eigenvalue weighted by Crippen LogP contribution is 2.35. The number of anilines is 1. The highest BCUT2D eigenvalue weighted by Gasteiger charge is 2.37. The molecule has 138 valence electrons. The number of ketones is 1. The summed E-state index contributed by atoms with van der Waals surface area (Å²) in [6.07, 6.45) is 0.759. The standard InChI is InChI=1S/C23H29NO2/c1-18(2)23(3,17-19-7-5-4-6-8-19)22(25)20-9-11-21(12-10-20)24-13-15-26-16-14-24/h4-12,18H,13-17H2,1-3H3. The van der Waals surface area contributed by atoms with Gasteiger partial charge in [-0.05, 0) is 42.2 Å². The molecule has 0 amide bonds. The van der Waals surface area contributed by atoms with E-state index in [2.05, 4.69) is 49.9 Å². The molecule has 1 unspecified atom stereocenters. The lowest BCUT2D eigenvalue weighted by molar-refractivity contribution is 0.0737. The van der Waals surface area contributed by atoms with E-state index in [1.54, 1.807) is 0 Å². The molecule has 1 saturated heterocycles. The van der Waals surface area contributed by atoms with Crippen molar-refractivity contribution >= 4 is 11.5 Å². The van der Waals surface area contributed by atoms with Crippen LogP contribution in [0.15, 0.2) is 54.6 Å². The summed E-state index contributed by atoms with van der Waals surface area (Å²) in [5.41, 5.74) is 2.76. The Bertz CT molecular complexity index is 718. The van der Waals surface area contributed by atoms with Crippen LogP contribution in [0.2, 0.25) is 0 Å². The molecule has 3 heteroatoms. The molecular formula is C23H29NO2. The first-order valence-electron chi connectivity index (χ1n) is 9.52. The molecule has 2 aromatic carbocycles. The van der Waals surface area contributed by atoms with Gasteiger partial charge < -0.3 is 9.64 Å². The summed E-state index contributed by atoms with van der Waals surface area (Å²) in [7, 11) is 0. The van der Waals surface area contributed by atoms with Gasteiger partial charge in [-0.3, -0.25) is 4.79 Å². The Morgan fingerprint density at radius 2 is 1.65 bits per heavy atom. The van der Waals surface area contributed by atoms with Crippen LogP contribution in [0, 0.1) is 11.3 Å². The fraction of sp³-hybridized carbons (Fsp3) is 0.435. The van der Waals surface area contributed by atoms with Crippen LogP contribution in [0.25, 0.3) is 0 Å². The molecular weight excluding hydrogens is 322 g/mol. The fourth-order valence-electron chi connectivity index (χ4n) is 3.54. The molecule has 1 heterocycles. The summed E-state index contributed by atoms with van der Waals surface area (Å²) < 4.78 is 5.41. The molecule has 1 aliphatic heterocycles. The summed E-state index contributed by atoms with van der Waals surface area (Å²) >= 11 is 0. The van der Waals surface area contributed by atoms with E-state index in [-0.39, 0.29) is 11.7 Å². The van der Waals surface area contributed by atoms with Gasteiger partial charge in [0.25, 0.3) is 0 Å². The summed E-state index contributed by atoms with van der Waals surface area (Å²) in [5, 5.41) is 0. The van der Waals surface area contributed by atoms with Crippen molar-refractivity contribution in [3.63, 3.8) is 0 Å². The molecule has 1 fully saturated rings. The predicted octanol–water partition coefficient (Wildman–Crippen LogP) is 4.61. The lowest BCUT2D eigenvalue weighted by atomic mass is 9.69. The van der Waals surface area contributed by atoms with E-state index in [0.29, 0.717) is 0 Å². The molecule has 0 aliphatic carbocycles. The van der Waals surface area contributed by atoms with Crippen molar-refractivity contribution in [1.29, 1.82) is 0 Å². The summed E-state index contributed by atoms with van der Waals surface area (Å²) in [4.78, 5) is 15.7. The highest BCUT2D eigenvalue weighted by molar-refractivity contribution is 6.00. The lowest BCUT2D eigenvalue weighted by Crippen LogP contribution is -2.37. The van der Waals surface area contributed by atoms with E-state index in [4.69, 9.17) is 4.74 Å². The predicted molar refractivity (Wildman–Crippen MR) is 107 cm³/mol. The van der Waals surface area contributed by atoms with Crippen molar-refractivity contribution in [2.75, 3.05) is 31.2 Å². The maximum Gasteiger partial charge on any atom is 0.169 e. The number of carbonyl (C=O) groups is 1. The van der Waals surface area contributed by atoms with Crippen LogP contribution in [-0.2, 0) is 11.2 Å². The van der Waals surface area contributed by atoms with Crippen LogP contribution in [0.1, 0.15) is 36.7 Å². The zero-order chi connectivity index (χ0) is 18.6. The summed E-state index contributed by atoms with van der Waals surface area (Å²) in [6.45, 7) is 9.73. The van der Waals surface area contributed by atoms with Crippen LogP contribution < -0.4 is 4.90 Å². The van der Waals surface area contributed by atoms with Gasteiger partial charge in [0.2, 0.25) is 0 Å². The van der Waals surface area contributed by atoms with Crippen molar-refractivity contribution in [2.45, 2.75) is 27.2 Å². The summed E-state index contributed by atoms with van der Waals surface area (Å²) in [5.74, 6) is 0.485. The minimum absolute atomic E-state index is 0.227. The number of Topliss-reactive ketones (excluding diaryl/α,β-unsaturated/α-hetero) is 1. The number of benzene rings is 2. The monoisotopic (exact) mass is 351 g/mol. The molecule has 26 heavy (non-hydrogen) atoms. The molecule has 0 spiro atoms. The number of hydrogen-bond donors (Lipinski definition) is 0. The molecule has 0 aromatic heterocycles. The van der Waals surface area contributed by atoms with Crippen LogP contribution in [-0.4, -0.2) is 32.1 Å². The molecule has 0 radical (unpaired) electrons. The number of ether oxygens (including phenoxy) is 1. The van der Waals surface area contributed by atoms with Gasteiger partial charge in [0, 0.05) is 29.8 Å². The van der Waals surface area contributed by atoms with Crippen molar-refractivity contribution in [1.82, 2.24) is 0 Å². The molecule has 3 nitrogen and oxygen atoms in total. The Labute approximate surface area is 157 Å². The van der Waals surface area contributed by atoms with Crippen molar-refractivity contribution in [3.05, 3.63) is 65.7 Å². The summed E-state index contributed by atoms with van der Waals surface area (Å²) in [6, 6.07) is 18.4. The van der Waals surface area contributed by atoms with E-state index in [1.807, 2.05) is 30.3 Å². The quantitative estimate of drug-likeness (QED) is 0.712. The zero-order valence-corrected chi connectivity index (χ0v) is 16.1. The normalized spacial score (nSPS) is 17.2. The van der Waals surface area contributed by atoms with Gasteiger partial charge in [0.15, 0.2) is 5.78 Å². The van der Waals surface area contributed by atoms with Gasteiger partial charge in [-0.25, -0.2) is 0 Å². The first-order valence-corrected chi connectivity index (χ1v) is 9.52. The Balaban J connectivity index is 1.80. The average molecular weight is 351 g/mol. The van der Waals surface area contributed by atoms with Gasteiger partial charge in [0.1, 0.15) is 0 Å². The number of morpholine rings is 1. The molecule has 1 aliphatic rings. The largest absolute Gasteiger partial charge is 0.378 e. The second-order valence-corrected chi connectivity index (χ2v) is 7.71. The average Bonchev–Trinajstić information content (AvgIpc) is 2.69. The van der Waals surface area contributed by atoms with Gasteiger partial charge in [-0.15, -0.1) is 0 Å². The molecule has 0 saturated carbocycles. The molecule has 2 aromatic rings. The number of rotatable bonds is 6. The van der Waals surface area contributed by atoms with Crippen LogP contribution >= 0.6 is 0 Å². The molecule has 1 atom stereocenters. The first kappa shape index (κ1) is 18.7. The molecule has 3 rings (SSSR count). The first-order chi connectivity index (χ1) is 12.5. The maximum absolute atomic E-state index is 13.4. The Morgan fingerprint density at radius 3 is 2.23 bits per heavy atom. The van der Waals surface area contributed by atoms with Gasteiger partial charge in [-0.2, -0.15) is 0 Å². The SMILES string of the molecule is CC(C)C(C)(Cc1ccccc1)C(=O)c1ccc(N2CCOCC2)cc1. The number of carbonyl (C=O) groups excluding carboxylic acids is 1. The van der Waals surface area contributed by atoms with E-state index >= 15 is 0 Å². The van der Waals surface area contributed by atoms with E-state index in [1.165, 1.54) is 11.3 Å². The maximum atomic E-state index is 13.4. The van der Waals surface area contributed by atoms with Gasteiger partial charge >= 0.3 is 0 Å². The minimum atomic E-state index is -0.415. The Morgan fingerprint density at radius 1 is 1.04 bits per heavy atom. The lowest BCUT2D eigenvalue weighted by Gasteiger charge is -2.33. The second kappa shape index (κ2) is 8.05. The topological polar surface area (TPSA) is 29.5 Å².